The third kappa shape index (κ3) is 3.60. The van der Waals surface area contributed by atoms with Crippen molar-refractivity contribution in [1.82, 2.24) is 9.97 Å². The van der Waals surface area contributed by atoms with Crippen LogP contribution in [0.3, 0.4) is 0 Å². The van der Waals surface area contributed by atoms with Crippen LogP contribution in [0.15, 0.2) is 6.07 Å². The van der Waals surface area contributed by atoms with Gasteiger partial charge < -0.3 is 15.3 Å². The Kier molecular flexibility index (Phi) is 4.48. The van der Waals surface area contributed by atoms with Gasteiger partial charge in [0.15, 0.2) is 0 Å². The van der Waals surface area contributed by atoms with E-state index in [1.54, 1.807) is 0 Å². The number of anilines is 2. The van der Waals surface area contributed by atoms with E-state index < -0.39 is 5.60 Å². The molecule has 1 saturated heterocycles. The Labute approximate surface area is 121 Å². The number of aliphatic hydroxyl groups is 1. The van der Waals surface area contributed by atoms with Crippen LogP contribution in [0, 0.1) is 0 Å². The molecule has 1 aliphatic rings. The fourth-order valence-electron chi connectivity index (χ4n) is 2.36. The van der Waals surface area contributed by atoms with E-state index in [2.05, 4.69) is 41.0 Å². The smallest absolute Gasteiger partial charge is 0.135 e. The van der Waals surface area contributed by atoms with Crippen molar-refractivity contribution in [3.05, 3.63) is 11.9 Å². The summed E-state index contributed by atoms with van der Waals surface area (Å²) in [5.74, 6) is 2.94. The second-order valence-corrected chi connectivity index (χ2v) is 6.22. The first-order valence-corrected chi connectivity index (χ1v) is 7.51. The number of β-amino-alcohol motifs (C(OH)–C–C–N with tert-alkyl or cyclic N) is 1. The fourth-order valence-corrected chi connectivity index (χ4v) is 2.36. The zero-order chi connectivity index (χ0) is 14.8. The molecule has 0 aliphatic carbocycles. The molecule has 5 nitrogen and oxygen atoms in total. The first kappa shape index (κ1) is 15.0. The minimum atomic E-state index is -0.611. The van der Waals surface area contributed by atoms with Crippen LogP contribution in [0.2, 0.25) is 0 Å². The van der Waals surface area contributed by atoms with Crippen LogP contribution in [0.1, 0.15) is 52.3 Å². The zero-order valence-electron chi connectivity index (χ0n) is 13.0. The average Bonchev–Trinajstić information content (AvgIpc) is 2.76. The van der Waals surface area contributed by atoms with E-state index in [0.29, 0.717) is 12.5 Å². The summed E-state index contributed by atoms with van der Waals surface area (Å²) in [6.07, 6.45) is 1.85. The molecule has 1 unspecified atom stereocenters. The molecule has 1 fully saturated rings. The highest BCUT2D eigenvalue weighted by Gasteiger charge is 2.32. The Hall–Kier alpha value is -1.36. The van der Waals surface area contributed by atoms with Gasteiger partial charge in [0.05, 0.1) is 5.60 Å². The van der Waals surface area contributed by atoms with Gasteiger partial charge in [-0.05, 0) is 19.8 Å². The molecule has 1 aromatic rings. The van der Waals surface area contributed by atoms with E-state index in [-0.39, 0.29) is 0 Å². The molecule has 1 aliphatic heterocycles. The minimum Gasteiger partial charge on any atom is -0.388 e. The van der Waals surface area contributed by atoms with E-state index in [1.807, 2.05) is 13.0 Å². The summed E-state index contributed by atoms with van der Waals surface area (Å²) >= 11 is 0. The predicted molar refractivity (Wildman–Crippen MR) is 82.4 cm³/mol. The Balaban J connectivity index is 2.25. The highest BCUT2D eigenvalue weighted by Crippen LogP contribution is 2.27. The van der Waals surface area contributed by atoms with Gasteiger partial charge in [-0.3, -0.25) is 0 Å². The van der Waals surface area contributed by atoms with Gasteiger partial charge in [0, 0.05) is 31.6 Å². The molecule has 112 valence electrons. The summed E-state index contributed by atoms with van der Waals surface area (Å²) in [4.78, 5) is 11.4. The lowest BCUT2D eigenvalue weighted by molar-refractivity contribution is 0.0839. The van der Waals surface area contributed by atoms with Gasteiger partial charge in [0.25, 0.3) is 0 Å². The number of aromatic nitrogens is 2. The summed E-state index contributed by atoms with van der Waals surface area (Å²) in [6, 6.07) is 1.99. The Morgan fingerprint density at radius 3 is 2.75 bits per heavy atom. The molecule has 2 N–H and O–H groups in total. The van der Waals surface area contributed by atoms with Crippen LogP contribution >= 0.6 is 0 Å². The standard InChI is InChI=1S/C15H26N4O/c1-5-7-16-12-9-13(18-14(17-12)11(2)3)19-8-6-15(4,20)10-19/h9,11,20H,5-8,10H2,1-4H3,(H,16,17,18). The maximum Gasteiger partial charge on any atom is 0.135 e. The van der Waals surface area contributed by atoms with Crippen molar-refractivity contribution in [1.29, 1.82) is 0 Å². The Morgan fingerprint density at radius 2 is 2.20 bits per heavy atom. The fraction of sp³-hybridized carbons (Fsp3) is 0.733. The van der Waals surface area contributed by atoms with Gasteiger partial charge in [-0.15, -0.1) is 0 Å². The molecule has 0 spiro atoms. The molecule has 0 saturated carbocycles. The zero-order valence-corrected chi connectivity index (χ0v) is 13.0. The van der Waals surface area contributed by atoms with E-state index in [0.717, 1.165) is 43.4 Å². The van der Waals surface area contributed by atoms with E-state index in [1.165, 1.54) is 0 Å². The number of nitrogens with one attached hydrogen (secondary N) is 1. The quantitative estimate of drug-likeness (QED) is 0.866. The van der Waals surface area contributed by atoms with Crippen LogP contribution in [-0.2, 0) is 0 Å². The van der Waals surface area contributed by atoms with Crippen molar-refractivity contribution in [2.75, 3.05) is 29.9 Å². The van der Waals surface area contributed by atoms with E-state index in [4.69, 9.17) is 0 Å². The molecule has 5 heteroatoms. The molecule has 1 aromatic heterocycles. The van der Waals surface area contributed by atoms with Gasteiger partial charge in [-0.1, -0.05) is 20.8 Å². The minimum absolute atomic E-state index is 0.292. The molecule has 2 heterocycles. The molecule has 1 atom stereocenters. The number of hydrogen-bond acceptors (Lipinski definition) is 5. The third-order valence-electron chi connectivity index (χ3n) is 3.58. The monoisotopic (exact) mass is 278 g/mol. The highest BCUT2D eigenvalue weighted by atomic mass is 16.3. The van der Waals surface area contributed by atoms with Gasteiger partial charge >= 0.3 is 0 Å². The van der Waals surface area contributed by atoms with Crippen LogP contribution in [0.4, 0.5) is 11.6 Å². The second-order valence-electron chi connectivity index (χ2n) is 6.22. The summed E-state index contributed by atoms with van der Waals surface area (Å²) < 4.78 is 0. The SMILES string of the molecule is CCCNc1cc(N2CCC(C)(O)C2)nc(C(C)C)n1. The molecule has 0 bridgehead atoms. The summed E-state index contributed by atoms with van der Waals surface area (Å²) in [7, 11) is 0. The van der Waals surface area contributed by atoms with Gasteiger partial charge in [0.1, 0.15) is 17.5 Å². The number of hydrogen-bond donors (Lipinski definition) is 2. The average molecular weight is 278 g/mol. The lowest BCUT2D eigenvalue weighted by Crippen LogP contribution is -2.30. The van der Waals surface area contributed by atoms with Crippen LogP contribution in [-0.4, -0.2) is 40.3 Å². The van der Waals surface area contributed by atoms with Crippen molar-refractivity contribution >= 4 is 11.6 Å². The first-order valence-electron chi connectivity index (χ1n) is 7.51. The summed E-state index contributed by atoms with van der Waals surface area (Å²) in [6.45, 7) is 10.6. The molecule has 0 aromatic carbocycles. The molecule has 20 heavy (non-hydrogen) atoms. The summed E-state index contributed by atoms with van der Waals surface area (Å²) in [5.41, 5.74) is -0.611. The molecule has 2 rings (SSSR count). The number of nitrogens with zero attached hydrogens (tertiary/aromatic N) is 3. The van der Waals surface area contributed by atoms with Crippen molar-refractivity contribution < 1.29 is 5.11 Å². The van der Waals surface area contributed by atoms with E-state index in [9.17, 15) is 5.11 Å². The normalized spacial score (nSPS) is 22.6. The maximum absolute atomic E-state index is 10.1. The van der Waals surface area contributed by atoms with Crippen molar-refractivity contribution in [2.45, 2.75) is 52.1 Å². The largest absolute Gasteiger partial charge is 0.388 e. The first-order chi connectivity index (χ1) is 9.41. The Bertz CT molecular complexity index is 459. The maximum atomic E-state index is 10.1. The van der Waals surface area contributed by atoms with Crippen LogP contribution in [0.5, 0.6) is 0 Å². The van der Waals surface area contributed by atoms with Gasteiger partial charge in [0.2, 0.25) is 0 Å². The molecule has 0 amide bonds. The van der Waals surface area contributed by atoms with Crippen LogP contribution in [0.25, 0.3) is 0 Å². The van der Waals surface area contributed by atoms with Crippen LogP contribution < -0.4 is 10.2 Å². The topological polar surface area (TPSA) is 61.3 Å². The summed E-state index contributed by atoms with van der Waals surface area (Å²) in [5, 5.41) is 13.4. The van der Waals surface area contributed by atoms with Crippen molar-refractivity contribution in [3.63, 3.8) is 0 Å². The predicted octanol–water partition coefficient (Wildman–Crippen LogP) is 2.38. The lowest BCUT2D eigenvalue weighted by Gasteiger charge is -2.21. The van der Waals surface area contributed by atoms with Crippen molar-refractivity contribution in [2.24, 2.45) is 0 Å². The molecular formula is C15H26N4O. The van der Waals surface area contributed by atoms with Gasteiger partial charge in [-0.2, -0.15) is 0 Å². The second kappa shape index (κ2) is 5.95. The Morgan fingerprint density at radius 1 is 1.45 bits per heavy atom. The van der Waals surface area contributed by atoms with Crippen molar-refractivity contribution in [3.8, 4) is 0 Å². The molecule has 0 radical (unpaired) electrons. The highest BCUT2D eigenvalue weighted by molar-refractivity contribution is 5.50. The number of rotatable bonds is 5. The third-order valence-corrected chi connectivity index (χ3v) is 3.58. The van der Waals surface area contributed by atoms with E-state index >= 15 is 0 Å². The molecular weight excluding hydrogens is 252 g/mol. The van der Waals surface area contributed by atoms with Gasteiger partial charge in [-0.25, -0.2) is 9.97 Å². The lowest BCUT2D eigenvalue weighted by atomic mass is 10.1.